The third kappa shape index (κ3) is 3.91. The number of likely N-dealkylation sites (tertiary alicyclic amines) is 1. The zero-order chi connectivity index (χ0) is 21.2. The van der Waals surface area contributed by atoms with E-state index in [-0.39, 0.29) is 11.8 Å². The average molecular weight is 412 g/mol. The van der Waals surface area contributed by atoms with Gasteiger partial charge in [0.25, 0.3) is 5.91 Å². The van der Waals surface area contributed by atoms with E-state index in [9.17, 15) is 9.59 Å². The van der Waals surface area contributed by atoms with Gasteiger partial charge in [0.2, 0.25) is 5.91 Å². The summed E-state index contributed by atoms with van der Waals surface area (Å²) in [7, 11) is 0. The number of nitrogens with zero attached hydrogens (tertiary/aromatic N) is 2. The van der Waals surface area contributed by atoms with E-state index in [0.717, 1.165) is 42.9 Å². The normalized spacial score (nSPS) is 15.3. The zero-order valence-electron chi connectivity index (χ0n) is 17.4. The van der Waals surface area contributed by atoms with Gasteiger partial charge in [-0.15, -0.1) is 0 Å². The minimum atomic E-state index is -0.144. The van der Waals surface area contributed by atoms with Gasteiger partial charge in [-0.05, 0) is 54.3 Å². The SMILES string of the molecule is O=C(Nc1ccccc1N1CCc2ccccc21)c1cccc(CN2CCCC2=O)c1. The fraction of sp³-hybridized carbons (Fsp3) is 0.231. The van der Waals surface area contributed by atoms with Crippen LogP contribution in [0.2, 0.25) is 0 Å². The van der Waals surface area contributed by atoms with Crippen LogP contribution in [-0.2, 0) is 17.8 Å². The maximum Gasteiger partial charge on any atom is 0.255 e. The van der Waals surface area contributed by atoms with Crippen molar-refractivity contribution in [2.75, 3.05) is 23.3 Å². The first kappa shape index (κ1) is 19.4. The lowest BCUT2D eigenvalue weighted by Crippen LogP contribution is -2.24. The number of carbonyl (C=O) groups excluding carboxylic acids is 2. The van der Waals surface area contributed by atoms with Gasteiger partial charge in [-0.3, -0.25) is 9.59 Å². The Hall–Kier alpha value is -3.60. The molecule has 0 bridgehead atoms. The van der Waals surface area contributed by atoms with E-state index in [4.69, 9.17) is 0 Å². The number of nitrogens with one attached hydrogen (secondary N) is 1. The van der Waals surface area contributed by atoms with Crippen molar-refractivity contribution in [3.63, 3.8) is 0 Å². The van der Waals surface area contributed by atoms with E-state index in [0.29, 0.717) is 18.5 Å². The Kier molecular flexibility index (Phi) is 5.16. The molecule has 1 N–H and O–H groups in total. The molecule has 2 amide bonds. The van der Waals surface area contributed by atoms with Gasteiger partial charge in [-0.25, -0.2) is 0 Å². The molecule has 0 unspecified atom stereocenters. The number of hydrogen-bond acceptors (Lipinski definition) is 3. The third-order valence-electron chi connectivity index (χ3n) is 6.06. The molecule has 1 saturated heterocycles. The number of rotatable bonds is 5. The molecule has 0 radical (unpaired) electrons. The Morgan fingerprint density at radius 3 is 2.52 bits per heavy atom. The molecule has 3 aromatic rings. The van der Waals surface area contributed by atoms with Crippen LogP contribution in [-0.4, -0.2) is 29.8 Å². The molecule has 0 saturated carbocycles. The van der Waals surface area contributed by atoms with Gasteiger partial charge >= 0.3 is 0 Å². The predicted molar refractivity (Wildman–Crippen MR) is 123 cm³/mol. The van der Waals surface area contributed by atoms with Crippen LogP contribution in [0.4, 0.5) is 17.1 Å². The number of benzene rings is 3. The van der Waals surface area contributed by atoms with E-state index < -0.39 is 0 Å². The monoisotopic (exact) mass is 411 g/mol. The first-order valence-electron chi connectivity index (χ1n) is 10.8. The Balaban J connectivity index is 1.36. The second-order valence-electron chi connectivity index (χ2n) is 8.12. The Labute approximate surface area is 182 Å². The van der Waals surface area contributed by atoms with E-state index in [1.165, 1.54) is 11.3 Å². The molecule has 3 aromatic carbocycles. The van der Waals surface area contributed by atoms with Crippen molar-refractivity contribution < 1.29 is 9.59 Å². The van der Waals surface area contributed by atoms with Crippen LogP contribution in [0.5, 0.6) is 0 Å². The van der Waals surface area contributed by atoms with E-state index in [1.54, 1.807) is 0 Å². The molecule has 0 spiro atoms. The summed E-state index contributed by atoms with van der Waals surface area (Å²) in [6.45, 7) is 2.24. The number of amides is 2. The number of para-hydroxylation sites is 3. The first-order valence-corrected chi connectivity index (χ1v) is 10.8. The van der Waals surface area contributed by atoms with Crippen LogP contribution in [0, 0.1) is 0 Å². The lowest BCUT2D eigenvalue weighted by Gasteiger charge is -2.23. The standard InChI is InChI=1S/C26H25N3O2/c30-25-13-6-15-28(25)18-19-7-5-9-21(17-19)26(31)27-22-10-2-4-12-24(22)29-16-14-20-8-1-3-11-23(20)29/h1-5,7-12,17H,6,13-16,18H2,(H,27,31). The van der Waals surface area contributed by atoms with Crippen LogP contribution < -0.4 is 10.2 Å². The van der Waals surface area contributed by atoms with Crippen molar-refractivity contribution in [2.24, 2.45) is 0 Å². The molecule has 0 atom stereocenters. The van der Waals surface area contributed by atoms with Gasteiger partial charge in [-0.2, -0.15) is 0 Å². The minimum absolute atomic E-state index is 0.144. The lowest BCUT2D eigenvalue weighted by atomic mass is 10.1. The molecule has 0 aromatic heterocycles. The van der Waals surface area contributed by atoms with E-state index >= 15 is 0 Å². The summed E-state index contributed by atoms with van der Waals surface area (Å²) in [5.74, 6) is 0.0456. The molecular weight excluding hydrogens is 386 g/mol. The molecule has 5 nitrogen and oxygen atoms in total. The van der Waals surface area contributed by atoms with Crippen LogP contribution in [0.25, 0.3) is 0 Å². The van der Waals surface area contributed by atoms with Crippen molar-refractivity contribution in [3.05, 3.63) is 89.5 Å². The van der Waals surface area contributed by atoms with Crippen molar-refractivity contribution >= 4 is 28.9 Å². The predicted octanol–water partition coefficient (Wildman–Crippen LogP) is 4.76. The van der Waals surface area contributed by atoms with Crippen molar-refractivity contribution in [2.45, 2.75) is 25.8 Å². The fourth-order valence-electron chi connectivity index (χ4n) is 4.50. The van der Waals surface area contributed by atoms with Crippen LogP contribution >= 0.6 is 0 Å². The second-order valence-corrected chi connectivity index (χ2v) is 8.12. The molecule has 1 fully saturated rings. The smallest absolute Gasteiger partial charge is 0.255 e. The molecule has 31 heavy (non-hydrogen) atoms. The molecular formula is C26H25N3O2. The number of anilines is 3. The maximum absolute atomic E-state index is 13.1. The topological polar surface area (TPSA) is 52.7 Å². The summed E-state index contributed by atoms with van der Waals surface area (Å²) in [4.78, 5) is 29.1. The van der Waals surface area contributed by atoms with Crippen LogP contribution in [0.15, 0.2) is 72.8 Å². The Morgan fingerprint density at radius 1 is 0.871 bits per heavy atom. The number of carbonyl (C=O) groups is 2. The van der Waals surface area contributed by atoms with Gasteiger partial charge in [-0.1, -0.05) is 42.5 Å². The highest BCUT2D eigenvalue weighted by Gasteiger charge is 2.23. The number of fused-ring (bicyclic) bond motifs is 1. The Morgan fingerprint density at radius 2 is 1.68 bits per heavy atom. The molecule has 5 rings (SSSR count). The Bertz CT molecular complexity index is 1140. The molecule has 2 aliphatic rings. The molecule has 2 aliphatic heterocycles. The number of hydrogen-bond donors (Lipinski definition) is 1. The average Bonchev–Trinajstić information content (AvgIpc) is 3.40. The van der Waals surface area contributed by atoms with Crippen molar-refractivity contribution in [3.8, 4) is 0 Å². The van der Waals surface area contributed by atoms with Gasteiger partial charge in [0, 0.05) is 37.3 Å². The fourth-order valence-corrected chi connectivity index (χ4v) is 4.50. The van der Waals surface area contributed by atoms with E-state index in [2.05, 4.69) is 34.5 Å². The van der Waals surface area contributed by atoms with Gasteiger partial charge in [0.15, 0.2) is 0 Å². The quantitative estimate of drug-likeness (QED) is 0.659. The third-order valence-corrected chi connectivity index (χ3v) is 6.06. The summed E-state index contributed by atoms with van der Waals surface area (Å²) in [5, 5.41) is 3.10. The molecule has 2 heterocycles. The van der Waals surface area contributed by atoms with Crippen LogP contribution in [0.1, 0.15) is 34.3 Å². The van der Waals surface area contributed by atoms with Crippen molar-refractivity contribution in [1.29, 1.82) is 0 Å². The largest absolute Gasteiger partial charge is 0.339 e. The highest BCUT2D eigenvalue weighted by Crippen LogP contribution is 2.38. The first-order chi connectivity index (χ1) is 15.2. The highest BCUT2D eigenvalue weighted by molar-refractivity contribution is 6.06. The maximum atomic E-state index is 13.1. The zero-order valence-corrected chi connectivity index (χ0v) is 17.4. The highest BCUT2D eigenvalue weighted by atomic mass is 16.2. The van der Waals surface area contributed by atoms with E-state index in [1.807, 2.05) is 53.4 Å². The minimum Gasteiger partial charge on any atom is -0.339 e. The van der Waals surface area contributed by atoms with Gasteiger partial charge in [0.1, 0.15) is 0 Å². The summed E-state index contributed by atoms with van der Waals surface area (Å²) >= 11 is 0. The second kappa shape index (κ2) is 8.26. The summed E-state index contributed by atoms with van der Waals surface area (Å²) in [6, 6.07) is 23.9. The van der Waals surface area contributed by atoms with Gasteiger partial charge in [0.05, 0.1) is 11.4 Å². The van der Waals surface area contributed by atoms with Gasteiger partial charge < -0.3 is 15.1 Å². The molecule has 5 heteroatoms. The molecule has 156 valence electrons. The summed E-state index contributed by atoms with van der Waals surface area (Å²) in [6.07, 6.45) is 2.53. The van der Waals surface area contributed by atoms with Crippen LogP contribution in [0.3, 0.4) is 0 Å². The molecule has 0 aliphatic carbocycles. The lowest BCUT2D eigenvalue weighted by molar-refractivity contribution is -0.128. The summed E-state index contributed by atoms with van der Waals surface area (Å²) in [5.41, 5.74) is 5.89. The van der Waals surface area contributed by atoms with Crippen molar-refractivity contribution in [1.82, 2.24) is 4.90 Å². The summed E-state index contributed by atoms with van der Waals surface area (Å²) < 4.78 is 0.